The maximum Gasteiger partial charge on any atom is 0.0605 e. The highest BCUT2D eigenvalue weighted by atomic mass is 16.5. The maximum atomic E-state index is 6.37. The lowest BCUT2D eigenvalue weighted by atomic mass is 9.99. The Labute approximate surface area is 115 Å². The molecule has 1 aromatic rings. The van der Waals surface area contributed by atoms with E-state index in [1.165, 1.54) is 11.4 Å². The largest absolute Gasteiger partial charge is 0.381 e. The molecule has 1 fully saturated rings. The van der Waals surface area contributed by atoms with Crippen molar-refractivity contribution in [1.29, 1.82) is 0 Å². The summed E-state index contributed by atoms with van der Waals surface area (Å²) < 4.78 is 5.45. The first-order valence-electron chi connectivity index (χ1n) is 7.14. The van der Waals surface area contributed by atoms with Crippen LogP contribution in [0.15, 0.2) is 24.3 Å². The zero-order valence-electron chi connectivity index (χ0n) is 11.6. The summed E-state index contributed by atoms with van der Waals surface area (Å²) in [6, 6.07) is 8.80. The highest BCUT2D eigenvalue weighted by molar-refractivity contribution is 5.73. The second-order valence-electron chi connectivity index (χ2n) is 5.64. The van der Waals surface area contributed by atoms with Crippen molar-refractivity contribution in [2.45, 2.75) is 12.5 Å². The highest BCUT2D eigenvalue weighted by Crippen LogP contribution is 2.32. The van der Waals surface area contributed by atoms with Crippen molar-refractivity contribution in [3.8, 4) is 0 Å². The van der Waals surface area contributed by atoms with Gasteiger partial charge >= 0.3 is 0 Å². The van der Waals surface area contributed by atoms with Crippen molar-refractivity contribution in [2.75, 3.05) is 49.7 Å². The number of hydrogen-bond donors (Lipinski definition) is 1. The smallest absolute Gasteiger partial charge is 0.0605 e. The predicted molar refractivity (Wildman–Crippen MR) is 78.8 cm³/mol. The van der Waals surface area contributed by atoms with E-state index in [4.69, 9.17) is 10.5 Å². The molecule has 4 nitrogen and oxygen atoms in total. The van der Waals surface area contributed by atoms with Gasteiger partial charge in [0.25, 0.3) is 0 Å². The van der Waals surface area contributed by atoms with Crippen LogP contribution in [-0.4, -0.2) is 45.9 Å². The number of fused-ring (bicyclic) bond motifs is 1. The zero-order valence-corrected chi connectivity index (χ0v) is 11.6. The Morgan fingerprint density at radius 1 is 1.32 bits per heavy atom. The molecule has 2 aliphatic rings. The summed E-state index contributed by atoms with van der Waals surface area (Å²) in [7, 11) is 2.15. The Bertz CT molecular complexity index is 431. The number of ether oxygens (including phenoxy) is 1. The molecule has 2 heterocycles. The van der Waals surface area contributed by atoms with Crippen molar-refractivity contribution >= 4 is 11.4 Å². The van der Waals surface area contributed by atoms with Crippen LogP contribution < -0.4 is 15.5 Å². The molecule has 1 saturated heterocycles. The summed E-state index contributed by atoms with van der Waals surface area (Å²) in [5, 5.41) is 0. The van der Waals surface area contributed by atoms with Gasteiger partial charge in [-0.05, 0) is 18.6 Å². The van der Waals surface area contributed by atoms with E-state index in [1.807, 2.05) is 0 Å². The lowest BCUT2D eigenvalue weighted by Crippen LogP contribution is -2.47. The van der Waals surface area contributed by atoms with E-state index in [0.717, 1.165) is 39.3 Å². The number of benzene rings is 1. The quantitative estimate of drug-likeness (QED) is 0.890. The standard InChI is InChI=1S/C15H23N3O/c1-17-7-8-18(15-5-3-2-4-14(15)17)10-13(16)12-6-9-19-11-12/h2-5,12-13H,6-11,16H2,1H3. The fraction of sp³-hybridized carbons (Fsp3) is 0.600. The molecule has 0 aliphatic carbocycles. The molecular weight excluding hydrogens is 238 g/mol. The maximum absolute atomic E-state index is 6.37. The average molecular weight is 261 g/mol. The van der Waals surface area contributed by atoms with Crippen molar-refractivity contribution in [1.82, 2.24) is 0 Å². The molecule has 0 saturated carbocycles. The molecule has 104 valence electrons. The molecule has 3 rings (SSSR count). The normalized spacial score (nSPS) is 24.4. The molecular formula is C15H23N3O. The lowest BCUT2D eigenvalue weighted by Gasteiger charge is -2.38. The number of para-hydroxylation sites is 2. The number of nitrogens with two attached hydrogens (primary N) is 1. The average Bonchev–Trinajstić information content (AvgIpc) is 2.96. The van der Waals surface area contributed by atoms with Crippen LogP contribution in [0.3, 0.4) is 0 Å². The minimum atomic E-state index is 0.207. The monoisotopic (exact) mass is 261 g/mol. The van der Waals surface area contributed by atoms with Gasteiger partial charge in [-0.15, -0.1) is 0 Å². The molecule has 0 radical (unpaired) electrons. The van der Waals surface area contributed by atoms with Gasteiger partial charge < -0.3 is 20.3 Å². The van der Waals surface area contributed by atoms with Crippen molar-refractivity contribution in [3.05, 3.63) is 24.3 Å². The first kappa shape index (κ1) is 12.8. The molecule has 0 amide bonds. The topological polar surface area (TPSA) is 41.7 Å². The Balaban J connectivity index is 1.73. The Hall–Kier alpha value is -1.26. The van der Waals surface area contributed by atoms with Gasteiger partial charge in [0.2, 0.25) is 0 Å². The van der Waals surface area contributed by atoms with Crippen molar-refractivity contribution in [3.63, 3.8) is 0 Å². The van der Waals surface area contributed by atoms with Gasteiger partial charge in [-0.2, -0.15) is 0 Å². The molecule has 0 bridgehead atoms. The van der Waals surface area contributed by atoms with E-state index in [9.17, 15) is 0 Å². The number of likely N-dealkylation sites (N-methyl/N-ethyl adjacent to an activating group) is 1. The highest BCUT2D eigenvalue weighted by Gasteiger charge is 2.27. The molecule has 0 spiro atoms. The summed E-state index contributed by atoms with van der Waals surface area (Å²) in [6.07, 6.45) is 1.11. The van der Waals surface area contributed by atoms with E-state index in [2.05, 4.69) is 41.1 Å². The fourth-order valence-electron chi connectivity index (χ4n) is 3.05. The number of hydrogen-bond acceptors (Lipinski definition) is 4. The summed E-state index contributed by atoms with van der Waals surface area (Å²) in [6.45, 7) is 4.74. The van der Waals surface area contributed by atoms with Crippen molar-refractivity contribution < 1.29 is 4.74 Å². The van der Waals surface area contributed by atoms with E-state index >= 15 is 0 Å². The van der Waals surface area contributed by atoms with Crippen LogP contribution in [0.25, 0.3) is 0 Å². The molecule has 4 heteroatoms. The third-order valence-electron chi connectivity index (χ3n) is 4.34. The third-order valence-corrected chi connectivity index (χ3v) is 4.34. The van der Waals surface area contributed by atoms with Gasteiger partial charge in [-0.3, -0.25) is 0 Å². The minimum absolute atomic E-state index is 0.207. The Morgan fingerprint density at radius 3 is 2.84 bits per heavy atom. The summed E-state index contributed by atoms with van der Waals surface area (Å²) in [5.74, 6) is 0.520. The lowest BCUT2D eigenvalue weighted by molar-refractivity contribution is 0.181. The summed E-state index contributed by atoms with van der Waals surface area (Å²) in [4.78, 5) is 4.74. The van der Waals surface area contributed by atoms with E-state index in [1.54, 1.807) is 0 Å². The molecule has 0 aromatic heterocycles. The molecule has 2 aliphatic heterocycles. The zero-order chi connectivity index (χ0) is 13.2. The third kappa shape index (κ3) is 2.55. The Kier molecular flexibility index (Phi) is 3.62. The summed E-state index contributed by atoms with van der Waals surface area (Å²) >= 11 is 0. The van der Waals surface area contributed by atoms with Crippen LogP contribution in [0, 0.1) is 5.92 Å². The second kappa shape index (κ2) is 5.39. The summed E-state index contributed by atoms with van der Waals surface area (Å²) in [5.41, 5.74) is 8.99. The first-order chi connectivity index (χ1) is 9.25. The number of rotatable bonds is 3. The predicted octanol–water partition coefficient (Wildman–Crippen LogP) is 1.31. The Morgan fingerprint density at radius 2 is 2.11 bits per heavy atom. The van der Waals surface area contributed by atoms with E-state index in [0.29, 0.717) is 5.92 Å². The van der Waals surface area contributed by atoms with Gasteiger partial charge in [-0.25, -0.2) is 0 Å². The molecule has 2 unspecified atom stereocenters. The van der Waals surface area contributed by atoms with Crippen LogP contribution in [0.5, 0.6) is 0 Å². The van der Waals surface area contributed by atoms with Crippen LogP contribution in [0.4, 0.5) is 11.4 Å². The first-order valence-corrected chi connectivity index (χ1v) is 7.14. The minimum Gasteiger partial charge on any atom is -0.381 e. The van der Waals surface area contributed by atoms with E-state index in [-0.39, 0.29) is 6.04 Å². The van der Waals surface area contributed by atoms with Gasteiger partial charge in [0.05, 0.1) is 18.0 Å². The van der Waals surface area contributed by atoms with Gasteiger partial charge in [0.1, 0.15) is 0 Å². The molecule has 2 atom stereocenters. The molecule has 19 heavy (non-hydrogen) atoms. The van der Waals surface area contributed by atoms with Gasteiger partial charge in [0.15, 0.2) is 0 Å². The SMILES string of the molecule is CN1CCN(CC(N)C2CCOC2)c2ccccc21. The molecule has 2 N–H and O–H groups in total. The van der Waals surface area contributed by atoms with Crippen LogP contribution in [0.2, 0.25) is 0 Å². The van der Waals surface area contributed by atoms with Gasteiger partial charge in [-0.1, -0.05) is 12.1 Å². The molecule has 1 aromatic carbocycles. The van der Waals surface area contributed by atoms with Crippen LogP contribution in [0.1, 0.15) is 6.42 Å². The van der Waals surface area contributed by atoms with Gasteiger partial charge in [0, 0.05) is 45.2 Å². The van der Waals surface area contributed by atoms with E-state index < -0.39 is 0 Å². The van der Waals surface area contributed by atoms with Crippen molar-refractivity contribution in [2.24, 2.45) is 11.7 Å². The fourth-order valence-corrected chi connectivity index (χ4v) is 3.05. The number of anilines is 2. The van der Waals surface area contributed by atoms with Crippen LogP contribution in [-0.2, 0) is 4.74 Å². The number of nitrogens with zero attached hydrogens (tertiary/aromatic N) is 2. The van der Waals surface area contributed by atoms with Crippen LogP contribution >= 0.6 is 0 Å². The second-order valence-corrected chi connectivity index (χ2v) is 5.64.